The average molecular weight is 451 g/mol. The van der Waals surface area contributed by atoms with Gasteiger partial charge in [0.05, 0.1) is 22.6 Å². The van der Waals surface area contributed by atoms with Crippen molar-refractivity contribution in [2.75, 3.05) is 0 Å². The van der Waals surface area contributed by atoms with Gasteiger partial charge in [-0.15, -0.1) is 0 Å². The second-order valence-electron chi connectivity index (χ2n) is 9.57. The van der Waals surface area contributed by atoms with Crippen molar-refractivity contribution in [1.29, 1.82) is 0 Å². The molecule has 1 amide bonds. The summed E-state index contributed by atoms with van der Waals surface area (Å²) in [5.74, 6) is -0.635. The summed E-state index contributed by atoms with van der Waals surface area (Å²) in [6.07, 6.45) is 4.27. The third kappa shape index (κ3) is 5.72. The van der Waals surface area contributed by atoms with E-state index in [-0.39, 0.29) is 23.7 Å². The van der Waals surface area contributed by atoms with Crippen LogP contribution in [-0.4, -0.2) is 32.5 Å². The van der Waals surface area contributed by atoms with Gasteiger partial charge in [0.15, 0.2) is 0 Å². The van der Waals surface area contributed by atoms with Gasteiger partial charge >= 0.3 is 0 Å². The average Bonchev–Trinajstić information content (AvgIpc) is 3.25. The van der Waals surface area contributed by atoms with Gasteiger partial charge in [-0.2, -0.15) is 5.10 Å². The molecule has 0 aliphatic heterocycles. The van der Waals surface area contributed by atoms with E-state index in [4.69, 9.17) is 4.98 Å². The monoisotopic (exact) mass is 450 g/mol. The lowest BCUT2D eigenvalue weighted by molar-refractivity contribution is -0.108. The fourth-order valence-electron chi connectivity index (χ4n) is 3.89. The fraction of sp³-hybridized carbons (Fsp3) is 0.385. The summed E-state index contributed by atoms with van der Waals surface area (Å²) in [7, 11) is 0. The first-order chi connectivity index (χ1) is 15.6. The second-order valence-corrected chi connectivity index (χ2v) is 9.57. The number of rotatable bonds is 8. The van der Waals surface area contributed by atoms with Crippen LogP contribution in [0, 0.1) is 5.82 Å². The molecule has 2 heterocycles. The Hall–Kier alpha value is -3.35. The van der Waals surface area contributed by atoms with Crippen molar-refractivity contribution in [3.63, 3.8) is 0 Å². The molecule has 0 radical (unpaired) electrons. The normalized spacial score (nSPS) is 13.4. The van der Waals surface area contributed by atoms with E-state index < -0.39 is 5.54 Å². The molecule has 0 spiro atoms. The lowest BCUT2D eigenvalue weighted by atomic mass is 9.92. The van der Waals surface area contributed by atoms with Crippen LogP contribution in [0.25, 0.3) is 22.6 Å². The summed E-state index contributed by atoms with van der Waals surface area (Å²) in [5.41, 5.74) is 2.07. The lowest BCUT2D eigenvalue weighted by Gasteiger charge is -2.29. The van der Waals surface area contributed by atoms with Crippen molar-refractivity contribution in [2.24, 2.45) is 0 Å². The Balaban J connectivity index is 2.12. The molecule has 0 saturated carbocycles. The van der Waals surface area contributed by atoms with Crippen LogP contribution >= 0.6 is 0 Å². The van der Waals surface area contributed by atoms with Gasteiger partial charge in [0.2, 0.25) is 0 Å². The molecule has 2 aromatic heterocycles. The summed E-state index contributed by atoms with van der Waals surface area (Å²) < 4.78 is 15.4. The number of amides is 1. The minimum Gasteiger partial charge on any atom is -0.346 e. The minimum absolute atomic E-state index is 0.228. The maximum absolute atomic E-state index is 13.5. The van der Waals surface area contributed by atoms with Crippen LogP contribution in [0.1, 0.15) is 64.2 Å². The molecule has 3 rings (SSSR count). The third-order valence-corrected chi connectivity index (χ3v) is 5.52. The molecular formula is C26H31FN4O2. The predicted octanol–water partition coefficient (Wildman–Crippen LogP) is 5.38. The van der Waals surface area contributed by atoms with Crippen molar-refractivity contribution in [2.45, 2.75) is 65.0 Å². The van der Waals surface area contributed by atoms with Gasteiger partial charge in [0.25, 0.3) is 5.91 Å². The number of benzene rings is 1. The summed E-state index contributed by atoms with van der Waals surface area (Å²) in [5, 5.41) is 7.48. The number of hydrogen-bond donors (Lipinski definition) is 1. The van der Waals surface area contributed by atoms with E-state index in [0.29, 0.717) is 28.9 Å². The Bertz CT molecular complexity index is 1130. The highest BCUT2D eigenvalue weighted by molar-refractivity contribution is 5.96. The maximum atomic E-state index is 13.5. The Labute approximate surface area is 194 Å². The van der Waals surface area contributed by atoms with Crippen LogP contribution in [0.15, 0.2) is 48.7 Å². The van der Waals surface area contributed by atoms with Crippen LogP contribution in [0.5, 0.6) is 0 Å². The van der Waals surface area contributed by atoms with E-state index in [9.17, 15) is 14.0 Å². The highest BCUT2D eigenvalue weighted by atomic mass is 19.1. The summed E-state index contributed by atoms with van der Waals surface area (Å²) in [6, 6.07) is 11.3. The fourth-order valence-corrected chi connectivity index (χ4v) is 3.89. The van der Waals surface area contributed by atoms with Crippen LogP contribution in [-0.2, 0) is 10.3 Å². The molecule has 1 N–H and O–H groups in total. The van der Waals surface area contributed by atoms with Gasteiger partial charge in [-0.1, -0.05) is 13.3 Å². The number of aldehydes is 1. The van der Waals surface area contributed by atoms with Crippen LogP contribution < -0.4 is 5.32 Å². The highest BCUT2D eigenvalue weighted by Crippen LogP contribution is 2.28. The Morgan fingerprint density at radius 1 is 1.09 bits per heavy atom. The first-order valence-corrected chi connectivity index (χ1v) is 11.2. The first-order valence-electron chi connectivity index (χ1n) is 11.2. The van der Waals surface area contributed by atoms with Crippen molar-refractivity contribution >= 4 is 12.2 Å². The number of hydrogen-bond acceptors (Lipinski definition) is 4. The highest BCUT2D eigenvalue weighted by Gasteiger charge is 2.27. The molecule has 1 unspecified atom stereocenters. The zero-order valence-corrected chi connectivity index (χ0v) is 19.9. The molecular weight excluding hydrogens is 419 g/mol. The Morgan fingerprint density at radius 3 is 2.36 bits per heavy atom. The number of carbonyl (C=O) groups excluding carboxylic acids is 2. The smallest absolute Gasteiger partial charge is 0.251 e. The van der Waals surface area contributed by atoms with E-state index >= 15 is 0 Å². The molecule has 0 bridgehead atoms. The van der Waals surface area contributed by atoms with Crippen LogP contribution in [0.3, 0.4) is 0 Å². The number of halogens is 1. The molecule has 7 heteroatoms. The standard InChI is InChI=1S/C26H31FN4O2/c1-6-12-26(5,13-15-32)30-24(33)19-16-21(18-7-9-20(27)10-8-18)29-22(17-19)23-11-14-28-31(23)25(2,3)4/h7-11,14-17H,6,12-13H2,1-5H3,(H,30,33). The van der Waals surface area contributed by atoms with E-state index in [1.807, 2.05) is 45.4 Å². The quantitative estimate of drug-likeness (QED) is 0.467. The van der Waals surface area contributed by atoms with E-state index in [0.717, 1.165) is 18.4 Å². The van der Waals surface area contributed by atoms with Gasteiger partial charge in [0.1, 0.15) is 12.1 Å². The van der Waals surface area contributed by atoms with Crippen molar-refractivity contribution in [3.8, 4) is 22.6 Å². The molecule has 174 valence electrons. The van der Waals surface area contributed by atoms with Gasteiger partial charge < -0.3 is 10.1 Å². The summed E-state index contributed by atoms with van der Waals surface area (Å²) in [6.45, 7) is 10.0. The molecule has 0 fully saturated rings. The number of nitrogens with one attached hydrogen (secondary N) is 1. The number of nitrogens with zero attached hydrogens (tertiary/aromatic N) is 3. The Kier molecular flexibility index (Phi) is 7.10. The van der Waals surface area contributed by atoms with Gasteiger partial charge in [-0.3, -0.25) is 9.48 Å². The van der Waals surface area contributed by atoms with E-state index in [1.54, 1.807) is 30.5 Å². The first kappa shape index (κ1) is 24.3. The Morgan fingerprint density at radius 2 is 1.76 bits per heavy atom. The molecule has 3 aromatic rings. The van der Waals surface area contributed by atoms with Crippen LogP contribution in [0.4, 0.5) is 4.39 Å². The van der Waals surface area contributed by atoms with Crippen molar-refractivity contribution < 1.29 is 14.0 Å². The largest absolute Gasteiger partial charge is 0.346 e. The second kappa shape index (κ2) is 9.65. The lowest BCUT2D eigenvalue weighted by Crippen LogP contribution is -2.46. The third-order valence-electron chi connectivity index (χ3n) is 5.52. The van der Waals surface area contributed by atoms with Gasteiger partial charge in [-0.05, 0) is 76.6 Å². The summed E-state index contributed by atoms with van der Waals surface area (Å²) in [4.78, 5) is 29.3. The predicted molar refractivity (Wildman–Crippen MR) is 127 cm³/mol. The number of pyridine rings is 1. The molecule has 1 aromatic carbocycles. The summed E-state index contributed by atoms with van der Waals surface area (Å²) >= 11 is 0. The van der Waals surface area contributed by atoms with Crippen LogP contribution in [0.2, 0.25) is 0 Å². The zero-order valence-electron chi connectivity index (χ0n) is 19.9. The topological polar surface area (TPSA) is 76.9 Å². The minimum atomic E-state index is -0.639. The maximum Gasteiger partial charge on any atom is 0.251 e. The zero-order chi connectivity index (χ0) is 24.2. The van der Waals surface area contributed by atoms with Gasteiger partial charge in [0, 0.05) is 29.3 Å². The molecule has 0 aliphatic rings. The SMILES string of the molecule is CCCC(C)(CC=O)NC(=O)c1cc(-c2ccc(F)cc2)nc(-c2ccnn2C(C)(C)C)c1. The number of carbonyl (C=O) groups is 2. The molecule has 0 aliphatic carbocycles. The van der Waals surface area contributed by atoms with E-state index in [1.165, 1.54) is 12.1 Å². The molecule has 0 saturated heterocycles. The number of aromatic nitrogens is 3. The van der Waals surface area contributed by atoms with Crippen molar-refractivity contribution in [3.05, 3.63) is 60.0 Å². The van der Waals surface area contributed by atoms with Crippen molar-refractivity contribution in [1.82, 2.24) is 20.1 Å². The molecule has 33 heavy (non-hydrogen) atoms. The van der Waals surface area contributed by atoms with Gasteiger partial charge in [-0.25, -0.2) is 9.37 Å². The molecule has 1 atom stereocenters. The molecule has 6 nitrogen and oxygen atoms in total. The van der Waals surface area contributed by atoms with E-state index in [2.05, 4.69) is 10.4 Å².